The third kappa shape index (κ3) is 5.21. The first-order valence-corrected chi connectivity index (χ1v) is 10.6. The number of carbonyl (C=O) groups excluding carboxylic acids is 1. The van der Waals surface area contributed by atoms with Crippen molar-refractivity contribution in [2.45, 2.75) is 42.7 Å². The quantitative estimate of drug-likeness (QED) is 0.674. The molecule has 0 radical (unpaired) electrons. The molecule has 0 bridgehead atoms. The van der Waals surface area contributed by atoms with Gasteiger partial charge in [-0.05, 0) is 49.9 Å². The van der Waals surface area contributed by atoms with E-state index in [0.29, 0.717) is 43.0 Å². The lowest BCUT2D eigenvalue weighted by Crippen LogP contribution is -2.39. The molecule has 1 heterocycles. The maximum absolute atomic E-state index is 12.6. The van der Waals surface area contributed by atoms with Crippen LogP contribution in [0.1, 0.15) is 36.0 Å². The number of nitrogens with zero attached hydrogens (tertiary/aromatic N) is 2. The fourth-order valence-corrected chi connectivity index (χ4v) is 4.47. The number of carbonyl (C=O) groups is 1. The molecule has 3 rings (SSSR count). The molecule has 29 heavy (non-hydrogen) atoms. The average molecular weight is 421 g/mol. The molecule has 1 aliphatic rings. The average Bonchev–Trinajstić information content (AvgIpc) is 2.75. The van der Waals surface area contributed by atoms with Crippen molar-refractivity contribution in [3.05, 3.63) is 42.2 Å². The second kappa shape index (κ2) is 9.19. The second-order valence-electron chi connectivity index (χ2n) is 6.60. The van der Waals surface area contributed by atoms with E-state index in [-0.39, 0.29) is 17.0 Å². The molecule has 1 N–H and O–H groups in total. The maximum Gasteiger partial charge on any atom is 0.337 e. The molecular weight excluding hydrogens is 398 g/mol. The predicted octanol–water partition coefficient (Wildman–Crippen LogP) is 1.94. The molecule has 1 fully saturated rings. The van der Waals surface area contributed by atoms with E-state index in [2.05, 4.69) is 19.4 Å². The van der Waals surface area contributed by atoms with E-state index in [1.165, 1.54) is 50.9 Å². The summed E-state index contributed by atoms with van der Waals surface area (Å²) in [4.78, 5) is 19.8. The lowest BCUT2D eigenvalue weighted by Gasteiger charge is -2.29. The molecule has 0 amide bonds. The van der Waals surface area contributed by atoms with E-state index in [1.54, 1.807) is 0 Å². The van der Waals surface area contributed by atoms with Crippen LogP contribution >= 0.6 is 0 Å². The van der Waals surface area contributed by atoms with Crippen molar-refractivity contribution in [2.75, 3.05) is 14.2 Å². The van der Waals surface area contributed by atoms with Crippen LogP contribution < -0.4 is 14.2 Å². The van der Waals surface area contributed by atoms with Gasteiger partial charge in [-0.25, -0.2) is 27.9 Å². The van der Waals surface area contributed by atoms with E-state index < -0.39 is 16.0 Å². The summed E-state index contributed by atoms with van der Waals surface area (Å²) >= 11 is 0. The maximum atomic E-state index is 12.6. The van der Waals surface area contributed by atoms with Crippen molar-refractivity contribution in [2.24, 2.45) is 0 Å². The number of rotatable bonds is 7. The molecule has 9 nitrogen and oxygen atoms in total. The second-order valence-corrected chi connectivity index (χ2v) is 8.31. The Morgan fingerprint density at radius 3 is 2.21 bits per heavy atom. The van der Waals surface area contributed by atoms with E-state index in [9.17, 15) is 13.2 Å². The number of methoxy groups -OCH3 is 2. The zero-order valence-electron chi connectivity index (χ0n) is 16.2. The highest BCUT2D eigenvalue weighted by atomic mass is 32.2. The van der Waals surface area contributed by atoms with Gasteiger partial charge in [-0.1, -0.05) is 0 Å². The molecule has 1 aromatic heterocycles. The van der Waals surface area contributed by atoms with Crippen LogP contribution in [0.2, 0.25) is 0 Å². The largest absolute Gasteiger partial charge is 0.477 e. The third-order valence-corrected chi connectivity index (χ3v) is 6.22. The van der Waals surface area contributed by atoms with Crippen LogP contribution in [-0.2, 0) is 14.8 Å². The Bertz CT molecular complexity index is 941. The summed E-state index contributed by atoms with van der Waals surface area (Å²) in [5, 5.41) is 0. The van der Waals surface area contributed by atoms with Crippen LogP contribution in [0.25, 0.3) is 0 Å². The molecule has 2 aromatic rings. The van der Waals surface area contributed by atoms with Gasteiger partial charge in [0, 0.05) is 18.4 Å². The van der Waals surface area contributed by atoms with Gasteiger partial charge in [-0.2, -0.15) is 0 Å². The molecular formula is C19H23N3O6S. The number of hydrogen-bond donors (Lipinski definition) is 1. The van der Waals surface area contributed by atoms with Crippen molar-refractivity contribution in [3.63, 3.8) is 0 Å². The topological polar surface area (TPSA) is 117 Å². The smallest absolute Gasteiger partial charge is 0.337 e. The van der Waals surface area contributed by atoms with Gasteiger partial charge in [0.05, 0.1) is 24.7 Å². The van der Waals surface area contributed by atoms with Gasteiger partial charge in [0.25, 0.3) is 11.8 Å². The van der Waals surface area contributed by atoms with Gasteiger partial charge < -0.3 is 14.2 Å². The Kier molecular flexibility index (Phi) is 6.65. The number of nitrogens with one attached hydrogen (secondary N) is 1. The van der Waals surface area contributed by atoms with Crippen molar-refractivity contribution in [3.8, 4) is 11.8 Å². The molecule has 10 heteroatoms. The van der Waals surface area contributed by atoms with Crippen LogP contribution in [0.15, 0.2) is 41.6 Å². The number of hydrogen-bond acceptors (Lipinski definition) is 8. The molecule has 0 saturated heterocycles. The van der Waals surface area contributed by atoms with Gasteiger partial charge >= 0.3 is 5.97 Å². The van der Waals surface area contributed by atoms with Crippen molar-refractivity contribution < 1.29 is 27.4 Å². The summed E-state index contributed by atoms with van der Waals surface area (Å²) in [6, 6.07) is 5.45. The summed E-state index contributed by atoms with van der Waals surface area (Å²) in [6.45, 7) is 0. The first-order chi connectivity index (χ1) is 13.9. The molecule has 0 aliphatic heterocycles. The minimum atomic E-state index is -3.68. The highest BCUT2D eigenvalue weighted by Crippen LogP contribution is 2.27. The Labute approximate surface area is 169 Å². The highest BCUT2D eigenvalue weighted by Gasteiger charge is 2.27. The van der Waals surface area contributed by atoms with Gasteiger partial charge in [-0.3, -0.25) is 0 Å². The van der Waals surface area contributed by atoms with Crippen LogP contribution in [0.3, 0.4) is 0 Å². The fourth-order valence-electron chi connectivity index (χ4n) is 3.17. The number of sulfonamides is 1. The van der Waals surface area contributed by atoms with E-state index in [0.717, 1.165) is 0 Å². The minimum Gasteiger partial charge on any atom is -0.477 e. The van der Waals surface area contributed by atoms with Gasteiger partial charge in [-0.15, -0.1) is 0 Å². The molecule has 156 valence electrons. The first-order valence-electron chi connectivity index (χ1n) is 9.15. The van der Waals surface area contributed by atoms with Gasteiger partial charge in [0.2, 0.25) is 10.0 Å². The molecule has 1 saturated carbocycles. The molecule has 0 unspecified atom stereocenters. The third-order valence-electron chi connectivity index (χ3n) is 4.69. The summed E-state index contributed by atoms with van der Waals surface area (Å²) in [5.41, 5.74) is 0.295. The van der Waals surface area contributed by atoms with Crippen molar-refractivity contribution in [1.82, 2.24) is 14.7 Å². The van der Waals surface area contributed by atoms with E-state index in [1.807, 2.05) is 0 Å². The minimum absolute atomic E-state index is 0.0827. The van der Waals surface area contributed by atoms with E-state index >= 15 is 0 Å². The summed E-state index contributed by atoms with van der Waals surface area (Å²) < 4.78 is 43.6. The summed E-state index contributed by atoms with van der Waals surface area (Å²) in [5.74, 6) is 0.149. The normalized spacial score (nSPS) is 19.4. The van der Waals surface area contributed by atoms with E-state index in [4.69, 9.17) is 9.47 Å². The predicted molar refractivity (Wildman–Crippen MR) is 103 cm³/mol. The summed E-state index contributed by atoms with van der Waals surface area (Å²) in [7, 11) is -0.908. The number of aromatic nitrogens is 2. The van der Waals surface area contributed by atoms with Crippen LogP contribution in [-0.4, -0.2) is 50.7 Å². The Morgan fingerprint density at radius 2 is 1.62 bits per heavy atom. The Hall–Kier alpha value is -2.72. The van der Waals surface area contributed by atoms with Gasteiger partial charge in [0.1, 0.15) is 6.10 Å². The lowest BCUT2D eigenvalue weighted by atomic mass is 9.94. The Morgan fingerprint density at radius 1 is 1.00 bits per heavy atom. The van der Waals surface area contributed by atoms with Crippen LogP contribution in [0, 0.1) is 0 Å². The number of esters is 1. The fraction of sp³-hybridized carbons (Fsp3) is 0.421. The summed E-state index contributed by atoms with van der Waals surface area (Å²) in [6.07, 6.45) is 5.58. The molecule has 0 atom stereocenters. The number of ether oxygens (including phenoxy) is 3. The van der Waals surface area contributed by atoms with Crippen LogP contribution in [0.4, 0.5) is 0 Å². The molecule has 1 aromatic carbocycles. The highest BCUT2D eigenvalue weighted by molar-refractivity contribution is 7.89. The monoisotopic (exact) mass is 421 g/mol. The number of benzene rings is 1. The van der Waals surface area contributed by atoms with Crippen LogP contribution in [0.5, 0.6) is 11.8 Å². The zero-order valence-corrected chi connectivity index (χ0v) is 17.0. The molecule has 0 spiro atoms. The van der Waals surface area contributed by atoms with Gasteiger partial charge in [0.15, 0.2) is 0 Å². The zero-order chi connectivity index (χ0) is 20.9. The standard InChI is InChI=1S/C19H23N3O6S/c1-26-17-18(21-12-11-20-17)28-15-7-5-14(6-8-15)22-29(24,25)16-9-3-13(4-10-16)19(23)27-2/h3-4,9-12,14-15,22H,5-8H2,1-2H3. The lowest BCUT2D eigenvalue weighted by molar-refractivity contribution is 0.0600. The van der Waals surface area contributed by atoms with Crippen molar-refractivity contribution in [1.29, 1.82) is 0 Å². The SMILES string of the molecule is COC(=O)c1ccc(S(=O)(=O)NC2CCC(Oc3nccnc3OC)CC2)cc1. The Balaban J connectivity index is 1.56. The first kappa shape index (κ1) is 21.0. The molecule has 1 aliphatic carbocycles. The van der Waals surface area contributed by atoms with Crippen molar-refractivity contribution >= 4 is 16.0 Å².